The number of hydrogen-bond acceptors (Lipinski definition) is 5. The van der Waals surface area contributed by atoms with E-state index in [2.05, 4.69) is 0 Å². The van der Waals surface area contributed by atoms with Gasteiger partial charge in [-0.1, -0.05) is 12.1 Å². The summed E-state index contributed by atoms with van der Waals surface area (Å²) in [5.74, 6) is 0.322. The number of carbonyl (C=O) groups is 1. The zero-order chi connectivity index (χ0) is 16.2. The van der Waals surface area contributed by atoms with E-state index < -0.39 is 15.3 Å². The number of benzene rings is 1. The van der Waals surface area contributed by atoms with Gasteiger partial charge in [0.15, 0.2) is 6.61 Å². The number of hydrogen-bond donors (Lipinski definition) is 2. The first-order chi connectivity index (χ1) is 10.4. The summed E-state index contributed by atoms with van der Waals surface area (Å²) in [5, 5.41) is 4.47. The van der Waals surface area contributed by atoms with Crippen LogP contribution in [0.3, 0.4) is 0 Å². The van der Waals surface area contributed by atoms with E-state index in [1.165, 1.54) is 4.90 Å². The van der Waals surface area contributed by atoms with Gasteiger partial charge in [-0.05, 0) is 30.5 Å². The summed E-state index contributed by atoms with van der Waals surface area (Å²) in [5.41, 5.74) is 6.46. The van der Waals surface area contributed by atoms with Crippen LogP contribution in [-0.4, -0.2) is 44.2 Å². The second-order valence-electron chi connectivity index (χ2n) is 5.33. The summed E-state index contributed by atoms with van der Waals surface area (Å²) in [7, 11) is -3.62. The molecule has 1 aliphatic heterocycles. The summed E-state index contributed by atoms with van der Waals surface area (Å²) in [4.78, 5) is 13.6. The average Bonchev–Trinajstić information content (AvgIpc) is 2.52. The zero-order valence-corrected chi connectivity index (χ0v) is 13.1. The minimum Gasteiger partial charge on any atom is -0.484 e. The van der Waals surface area contributed by atoms with E-state index in [9.17, 15) is 13.2 Å². The largest absolute Gasteiger partial charge is 0.484 e. The van der Waals surface area contributed by atoms with Gasteiger partial charge in [0.05, 0.1) is 5.25 Å². The lowest BCUT2D eigenvalue weighted by Gasteiger charge is -2.31. The highest BCUT2D eigenvalue weighted by Gasteiger charge is 2.30. The highest BCUT2D eigenvalue weighted by molar-refractivity contribution is 7.89. The Balaban J connectivity index is 1.91. The highest BCUT2D eigenvalue weighted by atomic mass is 32.2. The number of nitrogens with two attached hydrogens (primary N) is 2. The lowest BCUT2D eigenvalue weighted by Crippen LogP contribution is -2.48. The molecule has 0 aromatic heterocycles. The Morgan fingerprint density at radius 2 is 2.18 bits per heavy atom. The molecule has 1 atom stereocenters. The number of nitrogens with zero attached hydrogens (tertiary/aromatic N) is 1. The topological polar surface area (TPSA) is 116 Å². The Morgan fingerprint density at radius 3 is 2.86 bits per heavy atom. The number of piperidine rings is 1. The Bertz CT molecular complexity index is 633. The number of ether oxygens (including phenoxy) is 1. The van der Waals surface area contributed by atoms with Crippen LogP contribution in [0.1, 0.15) is 18.4 Å². The van der Waals surface area contributed by atoms with E-state index in [-0.39, 0.29) is 19.1 Å². The number of likely N-dealkylation sites (tertiary alicyclic amines) is 1. The minimum atomic E-state index is -3.62. The summed E-state index contributed by atoms with van der Waals surface area (Å²) >= 11 is 0. The van der Waals surface area contributed by atoms with Crippen molar-refractivity contribution in [1.29, 1.82) is 0 Å². The van der Waals surface area contributed by atoms with Crippen molar-refractivity contribution in [3.05, 3.63) is 29.8 Å². The van der Waals surface area contributed by atoms with Crippen LogP contribution in [-0.2, 0) is 21.4 Å². The van der Waals surface area contributed by atoms with Crippen molar-refractivity contribution in [2.75, 3.05) is 19.7 Å². The summed E-state index contributed by atoms with van der Waals surface area (Å²) in [6.45, 7) is 0.916. The number of rotatable bonds is 5. The third-order valence-corrected chi connectivity index (χ3v) is 5.01. The maximum absolute atomic E-state index is 12.1. The van der Waals surface area contributed by atoms with Gasteiger partial charge in [-0.3, -0.25) is 4.79 Å². The molecular weight excluding hydrogens is 306 g/mol. The molecule has 1 aromatic rings. The van der Waals surface area contributed by atoms with Gasteiger partial charge < -0.3 is 15.4 Å². The molecule has 22 heavy (non-hydrogen) atoms. The average molecular weight is 327 g/mol. The van der Waals surface area contributed by atoms with Crippen LogP contribution < -0.4 is 15.6 Å². The van der Waals surface area contributed by atoms with Crippen molar-refractivity contribution in [1.82, 2.24) is 4.90 Å². The second kappa shape index (κ2) is 7.08. The third kappa shape index (κ3) is 4.43. The lowest BCUT2D eigenvalue weighted by molar-refractivity contribution is -0.134. The standard InChI is InChI=1S/C14H21N3O4S/c15-8-11-3-1-4-12(7-11)21-10-14(18)17-6-2-5-13(9-17)22(16,19)20/h1,3-4,7,13H,2,5-6,8-10,15H2,(H2,16,19,20). The summed E-state index contributed by atoms with van der Waals surface area (Å²) < 4.78 is 28.3. The molecule has 0 radical (unpaired) electrons. The number of primary sulfonamides is 1. The molecule has 1 aromatic carbocycles. The predicted molar refractivity (Wildman–Crippen MR) is 82.5 cm³/mol. The van der Waals surface area contributed by atoms with Crippen LogP contribution >= 0.6 is 0 Å². The fourth-order valence-electron chi connectivity index (χ4n) is 2.43. The van der Waals surface area contributed by atoms with E-state index in [1.54, 1.807) is 18.2 Å². The molecule has 1 amide bonds. The van der Waals surface area contributed by atoms with Crippen LogP contribution in [0.5, 0.6) is 5.75 Å². The normalized spacial score (nSPS) is 19.0. The lowest BCUT2D eigenvalue weighted by atomic mass is 10.1. The van der Waals surface area contributed by atoms with Crippen molar-refractivity contribution in [3.63, 3.8) is 0 Å². The second-order valence-corrected chi connectivity index (χ2v) is 7.18. The van der Waals surface area contributed by atoms with Gasteiger partial charge in [0, 0.05) is 19.6 Å². The molecule has 0 spiro atoms. The number of amides is 1. The Labute approximate surface area is 130 Å². The van der Waals surface area contributed by atoms with E-state index in [1.807, 2.05) is 6.07 Å². The predicted octanol–water partition coefficient (Wildman–Crippen LogP) is -0.196. The Hall–Kier alpha value is -1.64. The molecule has 1 fully saturated rings. The molecule has 1 heterocycles. The number of sulfonamides is 1. The van der Waals surface area contributed by atoms with Crippen molar-refractivity contribution in [2.45, 2.75) is 24.6 Å². The molecule has 1 aliphatic rings. The van der Waals surface area contributed by atoms with Crippen LogP contribution in [0.15, 0.2) is 24.3 Å². The first-order valence-electron chi connectivity index (χ1n) is 7.11. The van der Waals surface area contributed by atoms with Gasteiger partial charge in [-0.25, -0.2) is 13.6 Å². The van der Waals surface area contributed by atoms with E-state index in [0.29, 0.717) is 31.7 Å². The first kappa shape index (κ1) is 16.7. The maximum atomic E-state index is 12.1. The van der Waals surface area contributed by atoms with Crippen molar-refractivity contribution >= 4 is 15.9 Å². The zero-order valence-electron chi connectivity index (χ0n) is 12.3. The van der Waals surface area contributed by atoms with Crippen LogP contribution in [0.4, 0.5) is 0 Å². The smallest absolute Gasteiger partial charge is 0.260 e. The SMILES string of the molecule is NCc1cccc(OCC(=O)N2CCCC(S(N)(=O)=O)C2)c1. The van der Waals surface area contributed by atoms with Gasteiger partial charge in [0.1, 0.15) is 5.75 Å². The molecule has 8 heteroatoms. The van der Waals surface area contributed by atoms with Gasteiger partial charge in [-0.15, -0.1) is 0 Å². The summed E-state index contributed by atoms with van der Waals surface area (Å²) in [6.07, 6.45) is 1.11. The quantitative estimate of drug-likeness (QED) is 0.777. The molecule has 0 bridgehead atoms. The van der Waals surface area contributed by atoms with Crippen molar-refractivity contribution in [3.8, 4) is 5.75 Å². The molecule has 0 aliphatic carbocycles. The van der Waals surface area contributed by atoms with Gasteiger partial charge in [0.25, 0.3) is 5.91 Å². The van der Waals surface area contributed by atoms with E-state index >= 15 is 0 Å². The fourth-order valence-corrected chi connectivity index (χ4v) is 3.31. The molecule has 2 rings (SSSR count). The van der Waals surface area contributed by atoms with Crippen molar-refractivity contribution < 1.29 is 17.9 Å². The van der Waals surface area contributed by atoms with Gasteiger partial charge in [0.2, 0.25) is 10.0 Å². The molecule has 122 valence electrons. The molecule has 0 saturated carbocycles. The van der Waals surface area contributed by atoms with Crippen molar-refractivity contribution in [2.24, 2.45) is 10.9 Å². The van der Waals surface area contributed by atoms with Crippen LogP contribution in [0.25, 0.3) is 0 Å². The van der Waals surface area contributed by atoms with E-state index in [4.69, 9.17) is 15.6 Å². The minimum absolute atomic E-state index is 0.129. The third-order valence-electron chi connectivity index (χ3n) is 3.69. The maximum Gasteiger partial charge on any atom is 0.260 e. The fraction of sp³-hybridized carbons (Fsp3) is 0.500. The number of carbonyl (C=O) groups excluding carboxylic acids is 1. The Kier molecular flexibility index (Phi) is 5.38. The Morgan fingerprint density at radius 1 is 1.41 bits per heavy atom. The molecule has 1 unspecified atom stereocenters. The van der Waals surface area contributed by atoms with Gasteiger partial charge >= 0.3 is 0 Å². The van der Waals surface area contributed by atoms with E-state index in [0.717, 1.165) is 5.56 Å². The van der Waals surface area contributed by atoms with Crippen LogP contribution in [0, 0.1) is 0 Å². The molecular formula is C14H21N3O4S. The van der Waals surface area contributed by atoms with Crippen LogP contribution in [0.2, 0.25) is 0 Å². The summed E-state index contributed by atoms with van der Waals surface area (Å²) in [6, 6.07) is 7.20. The molecule has 4 N–H and O–H groups in total. The first-order valence-corrected chi connectivity index (χ1v) is 8.72. The monoisotopic (exact) mass is 327 g/mol. The molecule has 7 nitrogen and oxygen atoms in total. The van der Waals surface area contributed by atoms with Gasteiger partial charge in [-0.2, -0.15) is 0 Å². The highest BCUT2D eigenvalue weighted by Crippen LogP contribution is 2.17. The molecule has 1 saturated heterocycles.